The SMILES string of the molecule is CC(C)(C)[C@H](C(=O)CO)N1C(=O)N[C@@H](CCc2ccccc2)C1=O. The third kappa shape index (κ3) is 3.82. The highest BCUT2D eigenvalue weighted by molar-refractivity contribution is 6.08. The van der Waals surface area contributed by atoms with E-state index >= 15 is 0 Å². The number of hydrogen-bond acceptors (Lipinski definition) is 4. The number of carbonyl (C=O) groups is 3. The molecule has 0 saturated carbocycles. The number of Topliss-reactive ketones (excluding diaryl/α,β-unsaturated/α-hetero) is 1. The Hall–Kier alpha value is -2.21. The Morgan fingerprint density at radius 3 is 2.42 bits per heavy atom. The summed E-state index contributed by atoms with van der Waals surface area (Å²) in [4.78, 5) is 38.0. The number of carbonyl (C=O) groups excluding carboxylic acids is 3. The molecule has 0 bridgehead atoms. The number of benzene rings is 1. The predicted molar refractivity (Wildman–Crippen MR) is 89.3 cm³/mol. The molecule has 0 aliphatic carbocycles. The standard InChI is InChI=1S/C18H24N2O4/c1-18(2,3)15(14(22)11-21)20-16(23)13(19-17(20)24)10-9-12-7-5-4-6-8-12/h4-8,13,15,21H,9-11H2,1-3H3,(H,19,24)/t13-,15-/m0/s1. The van der Waals surface area contributed by atoms with E-state index in [0.717, 1.165) is 10.5 Å². The molecule has 24 heavy (non-hydrogen) atoms. The molecule has 3 amide bonds. The quantitative estimate of drug-likeness (QED) is 0.773. The van der Waals surface area contributed by atoms with Crippen molar-refractivity contribution < 1.29 is 19.5 Å². The molecule has 1 heterocycles. The minimum Gasteiger partial charge on any atom is -0.388 e. The number of nitrogens with zero attached hydrogens (tertiary/aromatic N) is 1. The van der Waals surface area contributed by atoms with Gasteiger partial charge in [-0.15, -0.1) is 0 Å². The van der Waals surface area contributed by atoms with Crippen LogP contribution in [0.5, 0.6) is 0 Å². The fraction of sp³-hybridized carbons (Fsp3) is 0.500. The van der Waals surface area contributed by atoms with Gasteiger partial charge in [0.15, 0.2) is 5.78 Å². The average Bonchev–Trinajstić information content (AvgIpc) is 2.80. The molecule has 1 aromatic rings. The number of ketones is 1. The van der Waals surface area contributed by atoms with Gasteiger partial charge in [0.25, 0.3) is 5.91 Å². The predicted octanol–water partition coefficient (Wildman–Crippen LogP) is 1.52. The van der Waals surface area contributed by atoms with Crippen LogP contribution < -0.4 is 5.32 Å². The van der Waals surface area contributed by atoms with E-state index in [0.29, 0.717) is 12.8 Å². The minimum atomic E-state index is -0.975. The van der Waals surface area contributed by atoms with Gasteiger partial charge in [-0.3, -0.25) is 14.5 Å². The third-order valence-corrected chi connectivity index (χ3v) is 4.16. The second-order valence-corrected chi connectivity index (χ2v) is 7.13. The number of rotatable bonds is 6. The molecule has 2 N–H and O–H groups in total. The molecule has 1 fully saturated rings. The van der Waals surface area contributed by atoms with Crippen molar-refractivity contribution in [2.45, 2.75) is 45.7 Å². The van der Waals surface area contributed by atoms with Gasteiger partial charge in [0.05, 0.1) is 0 Å². The van der Waals surface area contributed by atoms with E-state index in [4.69, 9.17) is 0 Å². The lowest BCUT2D eigenvalue weighted by atomic mass is 9.83. The molecule has 130 valence electrons. The molecule has 6 heteroatoms. The highest BCUT2D eigenvalue weighted by Crippen LogP contribution is 2.28. The Morgan fingerprint density at radius 1 is 1.25 bits per heavy atom. The van der Waals surface area contributed by atoms with E-state index in [2.05, 4.69) is 5.32 Å². The normalized spacial score (nSPS) is 19.3. The maximum atomic E-state index is 12.7. The summed E-state index contributed by atoms with van der Waals surface area (Å²) >= 11 is 0. The van der Waals surface area contributed by atoms with Crippen molar-refractivity contribution in [3.05, 3.63) is 35.9 Å². The van der Waals surface area contributed by atoms with Crippen LogP contribution in [0.3, 0.4) is 0 Å². The van der Waals surface area contributed by atoms with Crippen LogP contribution in [0, 0.1) is 5.41 Å². The molecule has 1 aliphatic heterocycles. The summed E-state index contributed by atoms with van der Waals surface area (Å²) in [6, 6.07) is 7.50. The van der Waals surface area contributed by atoms with E-state index in [-0.39, 0.29) is 0 Å². The lowest BCUT2D eigenvalue weighted by molar-refractivity contribution is -0.139. The van der Waals surface area contributed by atoms with Crippen molar-refractivity contribution in [1.82, 2.24) is 10.2 Å². The molecule has 1 saturated heterocycles. The summed E-state index contributed by atoms with van der Waals surface area (Å²) in [5.74, 6) is -0.938. The Morgan fingerprint density at radius 2 is 1.88 bits per heavy atom. The Balaban J connectivity index is 2.14. The van der Waals surface area contributed by atoms with Gasteiger partial charge in [-0.05, 0) is 23.8 Å². The van der Waals surface area contributed by atoms with Crippen LogP contribution in [0.25, 0.3) is 0 Å². The van der Waals surface area contributed by atoms with E-state index in [9.17, 15) is 19.5 Å². The number of nitrogens with one attached hydrogen (secondary N) is 1. The van der Waals surface area contributed by atoms with Crippen LogP contribution in [-0.2, 0) is 16.0 Å². The number of aryl methyl sites for hydroxylation is 1. The van der Waals surface area contributed by atoms with Gasteiger partial charge in [-0.25, -0.2) is 4.79 Å². The topological polar surface area (TPSA) is 86.7 Å². The monoisotopic (exact) mass is 332 g/mol. The van der Waals surface area contributed by atoms with Crippen LogP contribution in [0.1, 0.15) is 32.8 Å². The summed E-state index contributed by atoms with van der Waals surface area (Å²) in [6.07, 6.45) is 1.12. The molecular weight excluding hydrogens is 308 g/mol. The third-order valence-electron chi connectivity index (χ3n) is 4.16. The van der Waals surface area contributed by atoms with Crippen molar-refractivity contribution in [2.75, 3.05) is 6.61 Å². The molecule has 2 atom stereocenters. The maximum absolute atomic E-state index is 12.7. The second-order valence-electron chi connectivity index (χ2n) is 7.13. The van der Waals surface area contributed by atoms with Crippen molar-refractivity contribution in [3.8, 4) is 0 Å². The molecule has 0 radical (unpaired) electrons. The van der Waals surface area contributed by atoms with Crippen molar-refractivity contribution in [2.24, 2.45) is 5.41 Å². The summed E-state index contributed by atoms with van der Waals surface area (Å²) in [5.41, 5.74) is 0.429. The van der Waals surface area contributed by atoms with Crippen LogP contribution in [-0.4, -0.2) is 46.4 Å². The highest BCUT2D eigenvalue weighted by atomic mass is 16.3. The maximum Gasteiger partial charge on any atom is 0.325 e. The van der Waals surface area contributed by atoms with Crippen LogP contribution >= 0.6 is 0 Å². The summed E-state index contributed by atoms with van der Waals surface area (Å²) in [6.45, 7) is 4.60. The van der Waals surface area contributed by atoms with Crippen molar-refractivity contribution >= 4 is 17.7 Å². The highest BCUT2D eigenvalue weighted by Gasteiger charge is 2.48. The number of amides is 3. The number of imide groups is 1. The second kappa shape index (κ2) is 7.13. The van der Waals surface area contributed by atoms with Crippen LogP contribution in [0.4, 0.5) is 4.79 Å². The molecular formula is C18H24N2O4. The molecule has 1 aliphatic rings. The van der Waals surface area contributed by atoms with Gasteiger partial charge >= 0.3 is 6.03 Å². The van der Waals surface area contributed by atoms with E-state index < -0.39 is 41.8 Å². The van der Waals surface area contributed by atoms with Crippen molar-refractivity contribution in [3.63, 3.8) is 0 Å². The average molecular weight is 332 g/mol. The number of aliphatic hydroxyl groups excluding tert-OH is 1. The first-order chi connectivity index (χ1) is 11.3. The smallest absolute Gasteiger partial charge is 0.325 e. The lowest BCUT2D eigenvalue weighted by Gasteiger charge is -2.34. The zero-order valence-corrected chi connectivity index (χ0v) is 14.3. The number of urea groups is 1. The Kier molecular flexibility index (Phi) is 5.39. The molecule has 0 unspecified atom stereocenters. The van der Waals surface area contributed by atoms with Gasteiger partial charge in [0.1, 0.15) is 18.7 Å². The van der Waals surface area contributed by atoms with Gasteiger partial charge in [0, 0.05) is 0 Å². The minimum absolute atomic E-state index is 0.405. The van der Waals surface area contributed by atoms with Crippen LogP contribution in [0.2, 0.25) is 0 Å². The fourth-order valence-corrected chi connectivity index (χ4v) is 3.04. The Bertz CT molecular complexity index is 622. The lowest BCUT2D eigenvalue weighted by Crippen LogP contribution is -2.53. The molecule has 6 nitrogen and oxygen atoms in total. The fourth-order valence-electron chi connectivity index (χ4n) is 3.04. The summed E-state index contributed by atoms with van der Waals surface area (Å²) in [7, 11) is 0. The zero-order chi connectivity index (χ0) is 17.9. The van der Waals surface area contributed by atoms with E-state index in [1.165, 1.54) is 0 Å². The van der Waals surface area contributed by atoms with E-state index in [1.807, 2.05) is 30.3 Å². The summed E-state index contributed by atoms with van der Waals surface area (Å²) < 4.78 is 0. The van der Waals surface area contributed by atoms with Gasteiger partial charge in [0.2, 0.25) is 0 Å². The Labute approximate surface area is 141 Å². The first-order valence-corrected chi connectivity index (χ1v) is 8.06. The molecule has 1 aromatic carbocycles. The largest absolute Gasteiger partial charge is 0.388 e. The van der Waals surface area contributed by atoms with Gasteiger partial charge < -0.3 is 10.4 Å². The van der Waals surface area contributed by atoms with Gasteiger partial charge in [-0.2, -0.15) is 0 Å². The van der Waals surface area contributed by atoms with Crippen molar-refractivity contribution in [1.29, 1.82) is 0 Å². The molecule has 0 spiro atoms. The first kappa shape index (κ1) is 18.1. The molecule has 0 aromatic heterocycles. The van der Waals surface area contributed by atoms with Crippen LogP contribution in [0.15, 0.2) is 30.3 Å². The molecule has 2 rings (SSSR count). The number of hydrogen-bond donors (Lipinski definition) is 2. The van der Waals surface area contributed by atoms with Gasteiger partial charge in [-0.1, -0.05) is 51.1 Å². The summed E-state index contributed by atoms with van der Waals surface area (Å²) in [5, 5.41) is 11.9. The zero-order valence-electron chi connectivity index (χ0n) is 14.3. The first-order valence-electron chi connectivity index (χ1n) is 8.06. The van der Waals surface area contributed by atoms with E-state index in [1.54, 1.807) is 20.8 Å². The number of aliphatic hydroxyl groups is 1.